The van der Waals surface area contributed by atoms with Crippen LogP contribution in [0.2, 0.25) is 0 Å². The highest BCUT2D eigenvalue weighted by Gasteiger charge is 2.75. The van der Waals surface area contributed by atoms with Gasteiger partial charge in [-0.3, -0.25) is 14.4 Å². The molecule has 2 fully saturated rings. The summed E-state index contributed by atoms with van der Waals surface area (Å²) in [6, 6.07) is 8.04. The second-order valence-corrected chi connectivity index (χ2v) is 12.0. The third-order valence-electron chi connectivity index (χ3n) is 9.26. The van der Waals surface area contributed by atoms with Crippen molar-refractivity contribution in [3.63, 3.8) is 0 Å². The van der Waals surface area contributed by atoms with Crippen LogP contribution in [0.3, 0.4) is 0 Å². The minimum absolute atomic E-state index is 0.0287. The maximum atomic E-state index is 14.7. The monoisotopic (exact) mass is 549 g/mol. The highest BCUT2D eigenvalue weighted by Crippen LogP contribution is 2.58. The highest BCUT2D eigenvalue weighted by atomic mass is 16.5. The molecule has 4 aliphatic rings. The van der Waals surface area contributed by atoms with Gasteiger partial charge in [-0.15, -0.1) is 0 Å². The van der Waals surface area contributed by atoms with E-state index in [1.54, 1.807) is 9.80 Å². The molecule has 8 heteroatoms. The molecule has 2 saturated heterocycles. The molecule has 4 aliphatic heterocycles. The SMILES string of the molecule is CCCC(C)N1CC=C[C@]23O[C@@]4(C)C=CCN(CCC)C(=O)[C@H]4[C@H]2C(=O)N([C@@H](CO)Cc2ccccc2)C3C1=O. The van der Waals surface area contributed by atoms with Crippen LogP contribution in [0.4, 0.5) is 0 Å². The fraction of sp³-hybridized carbons (Fsp3) is 0.594. The Morgan fingerprint density at radius 2 is 1.70 bits per heavy atom. The van der Waals surface area contributed by atoms with Gasteiger partial charge in [-0.1, -0.05) is 74.9 Å². The van der Waals surface area contributed by atoms with Crippen LogP contribution < -0.4 is 0 Å². The molecule has 1 aromatic rings. The van der Waals surface area contributed by atoms with Gasteiger partial charge in [0.05, 0.1) is 30.1 Å². The lowest BCUT2D eigenvalue weighted by atomic mass is 9.74. The van der Waals surface area contributed by atoms with Crippen molar-refractivity contribution in [2.45, 2.75) is 82.7 Å². The van der Waals surface area contributed by atoms with Crippen molar-refractivity contribution in [3.8, 4) is 0 Å². The molecule has 0 bridgehead atoms. The van der Waals surface area contributed by atoms with Gasteiger partial charge in [0.2, 0.25) is 17.7 Å². The van der Waals surface area contributed by atoms with Gasteiger partial charge < -0.3 is 24.5 Å². The number of carbonyl (C=O) groups excluding carboxylic acids is 3. The van der Waals surface area contributed by atoms with E-state index in [4.69, 9.17) is 4.74 Å². The molecule has 0 aromatic heterocycles. The van der Waals surface area contributed by atoms with E-state index in [2.05, 4.69) is 6.92 Å². The van der Waals surface area contributed by atoms with E-state index in [0.29, 0.717) is 26.1 Å². The van der Waals surface area contributed by atoms with E-state index >= 15 is 0 Å². The van der Waals surface area contributed by atoms with Gasteiger partial charge in [0.15, 0.2) is 0 Å². The summed E-state index contributed by atoms with van der Waals surface area (Å²) >= 11 is 0. The van der Waals surface area contributed by atoms with Gasteiger partial charge in [0, 0.05) is 25.7 Å². The Hall–Kier alpha value is -2.97. The number of aliphatic hydroxyl groups is 1. The fourth-order valence-electron chi connectivity index (χ4n) is 7.50. The minimum atomic E-state index is -1.31. The number of amides is 3. The van der Waals surface area contributed by atoms with Crippen molar-refractivity contribution in [1.29, 1.82) is 0 Å². The molecular formula is C32H43N3O5. The lowest BCUT2D eigenvalue weighted by Crippen LogP contribution is -2.60. The van der Waals surface area contributed by atoms with Crippen LogP contribution in [0.15, 0.2) is 54.6 Å². The Morgan fingerprint density at radius 3 is 2.38 bits per heavy atom. The first-order valence-electron chi connectivity index (χ1n) is 14.8. The molecule has 3 amide bonds. The summed E-state index contributed by atoms with van der Waals surface area (Å²) in [5.74, 6) is -2.24. The van der Waals surface area contributed by atoms with Crippen LogP contribution in [0.5, 0.6) is 0 Å². The van der Waals surface area contributed by atoms with Gasteiger partial charge in [0.1, 0.15) is 11.6 Å². The number of likely N-dealkylation sites (tertiary alicyclic amines) is 1. The van der Waals surface area contributed by atoms with E-state index in [-0.39, 0.29) is 30.4 Å². The quantitative estimate of drug-likeness (QED) is 0.479. The van der Waals surface area contributed by atoms with Gasteiger partial charge >= 0.3 is 0 Å². The summed E-state index contributed by atoms with van der Waals surface area (Å²) in [6.45, 7) is 9.18. The van der Waals surface area contributed by atoms with Gasteiger partial charge in [0.25, 0.3) is 0 Å². The first-order valence-corrected chi connectivity index (χ1v) is 14.8. The first-order chi connectivity index (χ1) is 19.2. The number of ether oxygens (including phenoxy) is 1. The summed E-state index contributed by atoms with van der Waals surface area (Å²) in [6.07, 6.45) is 10.6. The molecule has 1 aromatic carbocycles. The smallest absolute Gasteiger partial charge is 0.249 e. The summed E-state index contributed by atoms with van der Waals surface area (Å²) in [5, 5.41) is 10.7. The zero-order valence-electron chi connectivity index (χ0n) is 24.2. The highest BCUT2D eigenvalue weighted by molar-refractivity contribution is 6.00. The number of rotatable bonds is 9. The average Bonchev–Trinajstić information content (AvgIpc) is 3.21. The van der Waals surface area contributed by atoms with Crippen LogP contribution in [0.25, 0.3) is 0 Å². The number of hydrogen-bond donors (Lipinski definition) is 1. The number of aliphatic hydroxyl groups excluding tert-OH is 1. The number of fused-ring (bicyclic) bond motifs is 2. The average molecular weight is 550 g/mol. The van der Waals surface area contributed by atoms with E-state index in [1.807, 2.05) is 80.3 Å². The topological polar surface area (TPSA) is 90.4 Å². The normalized spacial score (nSPS) is 33.0. The number of hydrogen-bond acceptors (Lipinski definition) is 5. The summed E-state index contributed by atoms with van der Waals surface area (Å²) in [4.78, 5) is 48.5. The van der Waals surface area contributed by atoms with Crippen molar-refractivity contribution < 1.29 is 24.2 Å². The van der Waals surface area contributed by atoms with Crippen LogP contribution in [0, 0.1) is 11.8 Å². The molecule has 8 nitrogen and oxygen atoms in total. The molecule has 216 valence electrons. The Labute approximate surface area is 237 Å². The van der Waals surface area contributed by atoms with Crippen LogP contribution in [-0.4, -0.2) is 93.1 Å². The summed E-state index contributed by atoms with van der Waals surface area (Å²) < 4.78 is 6.92. The molecule has 1 spiro atoms. The van der Waals surface area contributed by atoms with Gasteiger partial charge in [-0.05, 0) is 38.7 Å². The Bertz CT molecular complexity index is 1180. The second kappa shape index (κ2) is 11.1. The second-order valence-electron chi connectivity index (χ2n) is 12.0. The zero-order chi connectivity index (χ0) is 28.7. The minimum Gasteiger partial charge on any atom is -0.394 e. The third kappa shape index (κ3) is 4.49. The Morgan fingerprint density at radius 1 is 0.975 bits per heavy atom. The van der Waals surface area contributed by atoms with Gasteiger partial charge in [-0.25, -0.2) is 0 Å². The molecule has 5 rings (SSSR count). The maximum Gasteiger partial charge on any atom is 0.249 e. The molecule has 4 heterocycles. The molecular weight excluding hydrogens is 506 g/mol. The third-order valence-corrected chi connectivity index (χ3v) is 9.26. The molecule has 0 aliphatic carbocycles. The van der Waals surface area contributed by atoms with Crippen molar-refractivity contribution in [2.24, 2.45) is 11.8 Å². The predicted octanol–water partition coefficient (Wildman–Crippen LogP) is 2.96. The Balaban J connectivity index is 1.64. The molecule has 2 unspecified atom stereocenters. The van der Waals surface area contributed by atoms with Crippen LogP contribution in [-0.2, 0) is 25.5 Å². The maximum absolute atomic E-state index is 14.7. The number of nitrogens with zero attached hydrogens (tertiary/aromatic N) is 3. The van der Waals surface area contributed by atoms with E-state index < -0.39 is 35.1 Å². The lowest BCUT2D eigenvalue weighted by Gasteiger charge is -2.41. The van der Waals surface area contributed by atoms with Gasteiger partial charge in [-0.2, -0.15) is 0 Å². The largest absolute Gasteiger partial charge is 0.394 e. The number of benzene rings is 1. The Kier molecular flexibility index (Phi) is 7.94. The van der Waals surface area contributed by atoms with Crippen molar-refractivity contribution in [1.82, 2.24) is 14.7 Å². The molecule has 1 N–H and O–H groups in total. The standard InChI is InChI=1S/C32H43N3O5/c1-5-12-22(3)34-19-11-16-32-26(25-28(37)33(17-6-2)18-10-15-31(25,4)40-32)29(38)35(27(32)30(34)39)24(21-36)20-23-13-8-7-9-14-23/h7-11,13-16,22,24-27,36H,5-6,12,17-21H2,1-4H3/t22?,24-,25-,26+,27?,31+,32+/m1/s1. The number of carbonyl (C=O) groups is 3. The van der Waals surface area contributed by atoms with Crippen LogP contribution >= 0.6 is 0 Å². The zero-order valence-corrected chi connectivity index (χ0v) is 24.2. The van der Waals surface area contributed by atoms with Crippen LogP contribution in [0.1, 0.15) is 52.5 Å². The van der Waals surface area contributed by atoms with E-state index in [9.17, 15) is 19.5 Å². The summed E-state index contributed by atoms with van der Waals surface area (Å²) in [7, 11) is 0. The van der Waals surface area contributed by atoms with Crippen molar-refractivity contribution >= 4 is 17.7 Å². The molecule has 7 atom stereocenters. The summed E-state index contributed by atoms with van der Waals surface area (Å²) in [5.41, 5.74) is -1.39. The first kappa shape index (κ1) is 28.6. The van der Waals surface area contributed by atoms with Crippen molar-refractivity contribution in [2.75, 3.05) is 26.2 Å². The fourth-order valence-corrected chi connectivity index (χ4v) is 7.50. The molecule has 0 saturated carbocycles. The van der Waals surface area contributed by atoms with Crippen molar-refractivity contribution in [3.05, 3.63) is 60.2 Å². The lowest BCUT2D eigenvalue weighted by molar-refractivity contribution is -0.156. The van der Waals surface area contributed by atoms with E-state index in [1.165, 1.54) is 0 Å². The molecule has 0 radical (unpaired) electrons. The predicted molar refractivity (Wildman–Crippen MR) is 152 cm³/mol. The van der Waals surface area contributed by atoms with E-state index in [0.717, 1.165) is 24.8 Å². The molecule has 40 heavy (non-hydrogen) atoms.